The van der Waals surface area contributed by atoms with Crippen LogP contribution in [0.1, 0.15) is 27.7 Å². The van der Waals surface area contributed by atoms with Crippen LogP contribution in [0.3, 0.4) is 0 Å². The zero-order chi connectivity index (χ0) is 8.70. The van der Waals surface area contributed by atoms with Gasteiger partial charge in [-0.2, -0.15) is 0 Å². The molecular weight excluding hydrogens is 222 g/mol. The van der Waals surface area contributed by atoms with Gasteiger partial charge in [0.05, 0.1) is 0 Å². The summed E-state index contributed by atoms with van der Waals surface area (Å²) in [4.78, 5) is 0. The Hall–Kier alpha value is 0.419. The molecular formula is C7H15N2PSe. The van der Waals surface area contributed by atoms with Crippen LogP contribution in [0.5, 0.6) is 0 Å². The van der Waals surface area contributed by atoms with Gasteiger partial charge in [-0.1, -0.05) is 0 Å². The van der Waals surface area contributed by atoms with Crippen LogP contribution in [-0.2, 0) is 0 Å². The Morgan fingerprint density at radius 3 is 2.27 bits per heavy atom. The summed E-state index contributed by atoms with van der Waals surface area (Å²) in [6.07, 6.45) is 1.12. The first-order valence-electron chi connectivity index (χ1n) is 3.75. The summed E-state index contributed by atoms with van der Waals surface area (Å²) in [6.45, 7) is 8.87. The number of nitrogens with one attached hydrogen (secondary N) is 1. The van der Waals surface area contributed by atoms with Crippen molar-refractivity contribution in [3.8, 4) is 0 Å². The molecule has 4 heteroatoms. The van der Waals surface area contributed by atoms with Crippen LogP contribution >= 0.6 is 5.66 Å². The number of hydrazone groups is 1. The third-order valence-corrected chi connectivity index (χ3v) is 10.2. The fourth-order valence-electron chi connectivity index (χ4n) is 0.946. The molecule has 0 aromatic carbocycles. The molecule has 0 saturated heterocycles. The molecule has 64 valence electrons. The van der Waals surface area contributed by atoms with E-state index in [2.05, 4.69) is 53.1 Å². The van der Waals surface area contributed by atoms with E-state index in [9.17, 15) is 0 Å². The molecule has 0 saturated carbocycles. The first-order chi connectivity index (χ1) is 4.85. The Bertz CT molecular complexity index is 239. The first-order valence-corrected chi connectivity index (χ1v) is 7.94. The first kappa shape index (κ1) is 9.51. The molecule has 0 bridgehead atoms. The molecule has 0 amide bonds. The van der Waals surface area contributed by atoms with Gasteiger partial charge < -0.3 is 0 Å². The molecule has 2 nitrogen and oxygen atoms in total. The summed E-state index contributed by atoms with van der Waals surface area (Å²) in [5.74, 6) is 0. The van der Waals surface area contributed by atoms with Crippen LogP contribution in [0.25, 0.3) is 0 Å². The van der Waals surface area contributed by atoms with Gasteiger partial charge in [0, 0.05) is 0 Å². The number of hydrogen-bond donors (Lipinski definition) is 1. The van der Waals surface area contributed by atoms with Crippen LogP contribution in [0, 0.1) is 0 Å². The van der Waals surface area contributed by atoms with E-state index in [4.69, 9.17) is 0 Å². The van der Waals surface area contributed by atoms with E-state index in [0.717, 1.165) is 6.16 Å². The predicted octanol–water partition coefficient (Wildman–Crippen LogP) is 1.78. The summed E-state index contributed by atoms with van der Waals surface area (Å²) in [7, 11) is 0. The SMILES string of the molecule is CC1=NNP(=[Se])(C(C)(C)C)C1. The minimum atomic E-state index is -1.14. The summed E-state index contributed by atoms with van der Waals surface area (Å²) >= 11 is 3.31. The summed E-state index contributed by atoms with van der Waals surface area (Å²) < 4.78 is 0. The van der Waals surface area contributed by atoms with Gasteiger partial charge in [-0.15, -0.1) is 0 Å². The topological polar surface area (TPSA) is 24.4 Å². The monoisotopic (exact) mass is 238 g/mol. The molecule has 0 fully saturated rings. The van der Waals surface area contributed by atoms with Crippen molar-refractivity contribution in [1.82, 2.24) is 5.20 Å². The Morgan fingerprint density at radius 1 is 1.55 bits per heavy atom. The van der Waals surface area contributed by atoms with E-state index in [0.29, 0.717) is 5.16 Å². The Labute approximate surface area is 76.1 Å². The molecule has 1 aliphatic rings. The third kappa shape index (κ3) is 1.77. The van der Waals surface area contributed by atoms with E-state index >= 15 is 0 Å². The van der Waals surface area contributed by atoms with Crippen molar-refractivity contribution >= 4 is 26.5 Å². The zero-order valence-electron chi connectivity index (χ0n) is 7.51. The van der Waals surface area contributed by atoms with Crippen LogP contribution < -0.4 is 5.20 Å². The third-order valence-electron chi connectivity index (χ3n) is 1.94. The summed E-state index contributed by atoms with van der Waals surface area (Å²) in [5, 5.41) is 7.83. The second-order valence-electron chi connectivity index (χ2n) is 4.02. The summed E-state index contributed by atoms with van der Waals surface area (Å²) in [6, 6.07) is 0. The second-order valence-corrected chi connectivity index (χ2v) is 11.3. The molecule has 0 spiro atoms. The van der Waals surface area contributed by atoms with Crippen molar-refractivity contribution in [1.29, 1.82) is 0 Å². The van der Waals surface area contributed by atoms with Crippen LogP contribution in [-0.4, -0.2) is 32.1 Å². The molecule has 1 aliphatic heterocycles. The Kier molecular flexibility index (Phi) is 2.36. The van der Waals surface area contributed by atoms with Gasteiger partial charge in [0.25, 0.3) is 0 Å². The van der Waals surface area contributed by atoms with E-state index in [1.54, 1.807) is 0 Å². The fourth-order valence-corrected chi connectivity index (χ4v) is 4.27. The van der Waals surface area contributed by atoms with Crippen molar-refractivity contribution in [2.24, 2.45) is 5.10 Å². The van der Waals surface area contributed by atoms with Crippen molar-refractivity contribution in [2.75, 3.05) is 6.16 Å². The number of hydrogen-bond acceptors (Lipinski definition) is 2. The van der Waals surface area contributed by atoms with E-state index in [1.165, 1.54) is 5.71 Å². The van der Waals surface area contributed by atoms with Crippen molar-refractivity contribution in [3.63, 3.8) is 0 Å². The van der Waals surface area contributed by atoms with E-state index in [-0.39, 0.29) is 0 Å². The molecule has 1 atom stereocenters. The van der Waals surface area contributed by atoms with Gasteiger partial charge in [-0.3, -0.25) is 0 Å². The molecule has 0 aromatic rings. The van der Waals surface area contributed by atoms with Crippen LogP contribution in [0.4, 0.5) is 0 Å². The van der Waals surface area contributed by atoms with Crippen LogP contribution in [0.15, 0.2) is 5.10 Å². The average molecular weight is 237 g/mol. The van der Waals surface area contributed by atoms with Gasteiger partial charge in [-0.25, -0.2) is 0 Å². The average Bonchev–Trinajstić information content (AvgIpc) is 2.10. The molecule has 11 heavy (non-hydrogen) atoms. The van der Waals surface area contributed by atoms with Crippen molar-refractivity contribution in [3.05, 3.63) is 0 Å². The normalized spacial score (nSPS) is 31.5. The molecule has 0 aromatic heterocycles. The molecule has 1 heterocycles. The molecule has 0 aliphatic carbocycles. The Morgan fingerprint density at radius 2 is 2.09 bits per heavy atom. The van der Waals surface area contributed by atoms with Crippen molar-refractivity contribution in [2.45, 2.75) is 32.9 Å². The molecule has 0 radical (unpaired) electrons. The predicted molar refractivity (Wildman–Crippen MR) is 53.5 cm³/mol. The van der Waals surface area contributed by atoms with Crippen molar-refractivity contribution < 1.29 is 0 Å². The maximum absolute atomic E-state index is 4.24. The maximum atomic E-state index is 4.24. The second kappa shape index (κ2) is 2.72. The standard InChI is InChI=1S/C7H15N2PSe/c1-6-5-10(11,9-8-6)7(2,3)4/h5H2,1-4H3,(H,9,11). The van der Waals surface area contributed by atoms with E-state index in [1.807, 2.05) is 0 Å². The zero-order valence-corrected chi connectivity index (χ0v) is 10.1. The number of rotatable bonds is 0. The molecule has 1 unspecified atom stereocenters. The van der Waals surface area contributed by atoms with Gasteiger partial charge in [-0.05, 0) is 0 Å². The fraction of sp³-hybridized carbons (Fsp3) is 0.857. The quantitative estimate of drug-likeness (QED) is 0.504. The van der Waals surface area contributed by atoms with E-state index < -0.39 is 5.66 Å². The minimum absolute atomic E-state index is 0.328. The Balaban J connectivity index is 2.84. The molecule has 1 rings (SSSR count). The van der Waals surface area contributed by atoms with Crippen LogP contribution in [0.2, 0.25) is 0 Å². The number of nitrogens with zero attached hydrogens (tertiary/aromatic N) is 1. The summed E-state index contributed by atoms with van der Waals surface area (Å²) in [5.41, 5.74) is 0.0900. The van der Waals surface area contributed by atoms with Gasteiger partial charge in [0.2, 0.25) is 0 Å². The van der Waals surface area contributed by atoms with Gasteiger partial charge >= 0.3 is 75.8 Å². The molecule has 1 N–H and O–H groups in total. The van der Waals surface area contributed by atoms with Gasteiger partial charge in [0.1, 0.15) is 0 Å². The van der Waals surface area contributed by atoms with Gasteiger partial charge in [0.15, 0.2) is 0 Å².